The van der Waals surface area contributed by atoms with Crippen molar-refractivity contribution in [2.45, 2.75) is 51.7 Å². The molecule has 9 nitrogen and oxygen atoms in total. The highest BCUT2D eigenvalue weighted by Crippen LogP contribution is 2.28. The van der Waals surface area contributed by atoms with Crippen molar-refractivity contribution in [2.75, 3.05) is 19.7 Å². The summed E-state index contributed by atoms with van der Waals surface area (Å²) in [6.45, 7) is 4.14. The average molecular weight is 624 g/mol. The van der Waals surface area contributed by atoms with Crippen molar-refractivity contribution in [2.24, 2.45) is 5.92 Å². The number of rotatable bonds is 9. The molecule has 4 rings (SSSR count). The van der Waals surface area contributed by atoms with Gasteiger partial charge in [0.25, 0.3) is 5.91 Å². The fraction of sp³-hybridized carbons (Fsp3) is 0.414. The number of nitrogens with zero attached hydrogens (tertiary/aromatic N) is 2. The van der Waals surface area contributed by atoms with Gasteiger partial charge in [0.15, 0.2) is 23.2 Å². The molecule has 230 valence electrons. The van der Waals surface area contributed by atoms with Crippen LogP contribution in [0.25, 0.3) is 10.1 Å². The lowest BCUT2D eigenvalue weighted by atomic mass is 9.94. The van der Waals surface area contributed by atoms with Gasteiger partial charge in [-0.3, -0.25) is 19.2 Å². The third-order valence-corrected chi connectivity index (χ3v) is 7.49. The van der Waals surface area contributed by atoms with Gasteiger partial charge in [0.2, 0.25) is 17.5 Å². The molecule has 2 aromatic carbocycles. The molecule has 2 heterocycles. The molecule has 0 bridgehead atoms. The zero-order valence-electron chi connectivity index (χ0n) is 23.5. The summed E-state index contributed by atoms with van der Waals surface area (Å²) >= 11 is 1.21. The van der Waals surface area contributed by atoms with Crippen LogP contribution in [0.3, 0.4) is 0 Å². The summed E-state index contributed by atoms with van der Waals surface area (Å²) in [6.07, 6.45) is -0.132. The van der Waals surface area contributed by atoms with Crippen molar-refractivity contribution >= 4 is 45.2 Å². The van der Waals surface area contributed by atoms with Crippen molar-refractivity contribution in [3.8, 4) is 5.75 Å². The molecule has 0 radical (unpaired) electrons. The third kappa shape index (κ3) is 7.66. The molecule has 0 spiro atoms. The number of ether oxygens (including phenoxy) is 2. The number of Topliss-reactive ketones (excluding diaryl/α,β-unsaturated/α-hetero) is 1. The number of fused-ring (bicyclic) bond motifs is 1. The van der Waals surface area contributed by atoms with E-state index < -0.39 is 77.3 Å². The molecule has 2 amide bonds. The number of benzene rings is 2. The summed E-state index contributed by atoms with van der Waals surface area (Å²) in [5, 5.41) is 3.21. The van der Waals surface area contributed by atoms with E-state index in [-0.39, 0.29) is 37.9 Å². The van der Waals surface area contributed by atoms with Gasteiger partial charge in [0.05, 0.1) is 11.1 Å². The first-order valence-electron chi connectivity index (χ1n) is 13.4. The molecular weight excluding hydrogens is 594 g/mol. The number of aromatic nitrogens is 1. The summed E-state index contributed by atoms with van der Waals surface area (Å²) < 4.78 is 70.2. The fourth-order valence-electron chi connectivity index (χ4n) is 4.54. The average Bonchev–Trinajstić information content (AvgIpc) is 3.38. The maximum atomic E-state index is 14.0. The smallest absolute Gasteiger partial charge is 0.308 e. The molecule has 0 unspecified atom stereocenters. The Labute approximate surface area is 248 Å². The number of esters is 1. The van der Waals surface area contributed by atoms with Crippen molar-refractivity contribution in [3.05, 3.63) is 59.3 Å². The first kappa shape index (κ1) is 31.9. The van der Waals surface area contributed by atoms with E-state index in [0.717, 1.165) is 10.1 Å². The van der Waals surface area contributed by atoms with Crippen molar-refractivity contribution in [3.63, 3.8) is 0 Å². The lowest BCUT2D eigenvalue weighted by Gasteiger charge is -2.32. The van der Waals surface area contributed by atoms with Gasteiger partial charge in [-0.2, -0.15) is 13.2 Å². The molecule has 43 heavy (non-hydrogen) atoms. The number of carbonyl (C=O) groups is 4. The second-order valence-electron chi connectivity index (χ2n) is 11.0. The van der Waals surface area contributed by atoms with Gasteiger partial charge in [-0.25, -0.2) is 8.78 Å². The van der Waals surface area contributed by atoms with Crippen LogP contribution < -0.4 is 10.1 Å². The van der Waals surface area contributed by atoms with E-state index in [1.807, 2.05) is 24.3 Å². The van der Waals surface area contributed by atoms with E-state index in [1.54, 1.807) is 25.7 Å². The monoisotopic (exact) mass is 623 g/mol. The Bertz CT molecular complexity index is 1520. The first-order valence-corrected chi connectivity index (χ1v) is 14.2. The van der Waals surface area contributed by atoms with Gasteiger partial charge in [0.1, 0.15) is 23.9 Å². The third-order valence-electron chi connectivity index (χ3n) is 6.66. The minimum atomic E-state index is -1.84. The number of hydrogen-bond donors (Lipinski definition) is 1. The molecule has 1 atom stereocenters. The molecule has 0 saturated carbocycles. The van der Waals surface area contributed by atoms with Gasteiger partial charge >= 0.3 is 5.97 Å². The number of ketones is 1. The largest absolute Gasteiger partial charge is 0.479 e. The highest BCUT2D eigenvalue weighted by atomic mass is 32.1. The molecule has 1 aliphatic heterocycles. The molecule has 1 saturated heterocycles. The maximum Gasteiger partial charge on any atom is 0.308 e. The summed E-state index contributed by atoms with van der Waals surface area (Å²) in [6, 6.07) is 5.79. The fourth-order valence-corrected chi connectivity index (χ4v) is 5.31. The van der Waals surface area contributed by atoms with Crippen molar-refractivity contribution in [1.29, 1.82) is 0 Å². The lowest BCUT2D eigenvalue weighted by molar-refractivity contribution is -0.156. The number of halogens is 4. The number of amides is 2. The second kappa shape index (κ2) is 13.1. The predicted octanol–water partition coefficient (Wildman–Crippen LogP) is 4.57. The molecule has 0 aliphatic carbocycles. The molecule has 3 aromatic rings. The normalized spacial score (nSPS) is 14.8. The van der Waals surface area contributed by atoms with Crippen LogP contribution in [0.1, 0.15) is 50.5 Å². The van der Waals surface area contributed by atoms with Crippen LogP contribution >= 0.6 is 11.5 Å². The Morgan fingerprint density at radius 2 is 1.67 bits per heavy atom. The van der Waals surface area contributed by atoms with E-state index in [9.17, 15) is 36.7 Å². The Hall–Kier alpha value is -4.07. The first-order chi connectivity index (χ1) is 20.2. The topological polar surface area (TPSA) is 115 Å². The molecule has 14 heteroatoms. The maximum absolute atomic E-state index is 14.0. The molecule has 1 N–H and O–H groups in total. The predicted molar refractivity (Wildman–Crippen MR) is 147 cm³/mol. The number of piperidine rings is 1. The summed E-state index contributed by atoms with van der Waals surface area (Å²) in [4.78, 5) is 53.3. The zero-order chi connectivity index (χ0) is 31.5. The zero-order valence-corrected chi connectivity index (χ0v) is 24.4. The van der Waals surface area contributed by atoms with E-state index in [4.69, 9.17) is 9.47 Å². The van der Waals surface area contributed by atoms with Gasteiger partial charge < -0.3 is 19.7 Å². The summed E-state index contributed by atoms with van der Waals surface area (Å²) in [7, 11) is 0. The van der Waals surface area contributed by atoms with E-state index in [2.05, 4.69) is 9.69 Å². The Balaban J connectivity index is 1.41. The molecule has 1 fully saturated rings. The van der Waals surface area contributed by atoms with Crippen LogP contribution in [-0.4, -0.2) is 64.2 Å². The van der Waals surface area contributed by atoms with Crippen LogP contribution in [0.2, 0.25) is 0 Å². The Kier molecular flexibility index (Phi) is 9.68. The standard InChI is InChI=1S/C29H29F4N3O6S/c1-29(2,3)42-22(38)13-19(20(37)14-41-26-23(32)17(30)12-18(31)24(26)33)34-27(39)15-8-10-36(11-9-15)28(40)25-16-6-4-5-7-21(16)43-35-25/h4-7,12,15,19H,8-11,13-14H2,1-3H3,(H,34,39)/t19-/m0/s1. The summed E-state index contributed by atoms with van der Waals surface area (Å²) in [5.74, 6) is -11.9. The molecule has 1 aromatic heterocycles. The quantitative estimate of drug-likeness (QED) is 0.211. The summed E-state index contributed by atoms with van der Waals surface area (Å²) in [5.41, 5.74) is -0.587. The van der Waals surface area contributed by atoms with Crippen LogP contribution in [-0.2, 0) is 19.1 Å². The van der Waals surface area contributed by atoms with E-state index in [0.29, 0.717) is 5.69 Å². The van der Waals surface area contributed by atoms with Crippen molar-refractivity contribution in [1.82, 2.24) is 14.6 Å². The van der Waals surface area contributed by atoms with Gasteiger partial charge in [-0.15, -0.1) is 0 Å². The van der Waals surface area contributed by atoms with Crippen LogP contribution in [0, 0.1) is 29.2 Å². The lowest BCUT2D eigenvalue weighted by Crippen LogP contribution is -2.49. The molecule has 1 aliphatic rings. The minimum absolute atomic E-state index is 0.0111. The minimum Gasteiger partial charge on any atom is -0.479 e. The van der Waals surface area contributed by atoms with E-state index >= 15 is 0 Å². The highest BCUT2D eigenvalue weighted by Gasteiger charge is 2.33. The SMILES string of the molecule is CC(C)(C)OC(=O)C[C@H](NC(=O)C1CCN(C(=O)c2nsc3ccccc23)CC1)C(=O)COc1c(F)c(F)cc(F)c1F. The Morgan fingerprint density at radius 1 is 1.05 bits per heavy atom. The van der Waals surface area contributed by atoms with Crippen LogP contribution in [0.5, 0.6) is 5.75 Å². The van der Waals surface area contributed by atoms with Gasteiger partial charge in [0, 0.05) is 30.5 Å². The number of likely N-dealkylation sites (tertiary alicyclic amines) is 1. The second-order valence-corrected chi connectivity index (χ2v) is 11.8. The number of hydrogen-bond acceptors (Lipinski definition) is 8. The highest BCUT2D eigenvalue weighted by molar-refractivity contribution is 7.13. The molecular formula is C29H29F4N3O6S. The van der Waals surface area contributed by atoms with E-state index in [1.165, 1.54) is 11.5 Å². The van der Waals surface area contributed by atoms with Crippen LogP contribution in [0.4, 0.5) is 17.6 Å². The van der Waals surface area contributed by atoms with Crippen LogP contribution in [0.15, 0.2) is 30.3 Å². The number of nitrogens with one attached hydrogen (secondary N) is 1. The Morgan fingerprint density at radius 3 is 2.30 bits per heavy atom. The van der Waals surface area contributed by atoms with Gasteiger partial charge in [-0.05, 0) is 51.2 Å². The number of carbonyl (C=O) groups excluding carboxylic acids is 4. The van der Waals surface area contributed by atoms with Gasteiger partial charge in [-0.1, -0.05) is 18.2 Å². The van der Waals surface area contributed by atoms with Crippen molar-refractivity contribution < 1.29 is 46.2 Å².